The minimum Gasteiger partial charge on any atom is -0.366 e. The number of benzene rings is 1. The maximum Gasteiger partial charge on any atom is 0.194 e. The summed E-state index contributed by atoms with van der Waals surface area (Å²) in [5.41, 5.74) is 1.36. The second-order valence-electron chi connectivity index (χ2n) is 6.94. The zero-order valence-corrected chi connectivity index (χ0v) is 19.4. The van der Waals surface area contributed by atoms with Crippen LogP contribution in [0, 0.1) is 11.6 Å². The van der Waals surface area contributed by atoms with Crippen LogP contribution in [0.1, 0.15) is 5.56 Å². The van der Waals surface area contributed by atoms with Crippen LogP contribution in [-0.4, -0.2) is 58.9 Å². The van der Waals surface area contributed by atoms with E-state index in [0.717, 1.165) is 23.4 Å². The number of nitrogens with one attached hydrogen (secondary N) is 1. The molecular formula is C21H24F2IN7. The van der Waals surface area contributed by atoms with Crippen molar-refractivity contribution in [3.8, 4) is 5.82 Å². The van der Waals surface area contributed by atoms with E-state index in [1.54, 1.807) is 24.1 Å². The molecule has 0 aliphatic carbocycles. The third-order valence-electron chi connectivity index (χ3n) is 5.04. The number of hydrogen-bond donors (Lipinski definition) is 1. The van der Waals surface area contributed by atoms with Gasteiger partial charge in [-0.1, -0.05) is 0 Å². The van der Waals surface area contributed by atoms with Crippen LogP contribution >= 0.6 is 24.0 Å². The molecule has 7 nitrogen and oxygen atoms in total. The minimum atomic E-state index is -0.432. The molecule has 31 heavy (non-hydrogen) atoms. The van der Waals surface area contributed by atoms with Crippen molar-refractivity contribution in [1.82, 2.24) is 25.0 Å². The number of guanidine groups is 1. The highest BCUT2D eigenvalue weighted by molar-refractivity contribution is 14.0. The number of nitrogens with zero attached hydrogens (tertiary/aromatic N) is 6. The van der Waals surface area contributed by atoms with Gasteiger partial charge in [-0.25, -0.2) is 18.4 Å². The molecule has 0 radical (unpaired) electrons. The number of anilines is 1. The molecule has 2 aromatic heterocycles. The van der Waals surface area contributed by atoms with Crippen molar-refractivity contribution in [2.75, 3.05) is 38.1 Å². The molecule has 1 saturated heterocycles. The van der Waals surface area contributed by atoms with Crippen molar-refractivity contribution in [3.05, 3.63) is 72.2 Å². The highest BCUT2D eigenvalue weighted by atomic mass is 127. The van der Waals surface area contributed by atoms with Crippen molar-refractivity contribution in [2.24, 2.45) is 4.99 Å². The molecule has 0 bridgehead atoms. The van der Waals surface area contributed by atoms with Crippen LogP contribution in [0.2, 0.25) is 0 Å². The number of aromatic nitrogens is 3. The summed E-state index contributed by atoms with van der Waals surface area (Å²) in [4.78, 5) is 12.7. The van der Waals surface area contributed by atoms with E-state index in [1.165, 1.54) is 12.1 Å². The molecule has 1 fully saturated rings. The summed E-state index contributed by atoms with van der Waals surface area (Å²) in [5.74, 6) is 0.683. The van der Waals surface area contributed by atoms with E-state index in [2.05, 4.69) is 25.3 Å². The van der Waals surface area contributed by atoms with Gasteiger partial charge in [0.1, 0.15) is 11.6 Å². The summed E-state index contributed by atoms with van der Waals surface area (Å²) in [6, 6.07) is 9.32. The highest BCUT2D eigenvalue weighted by Gasteiger charge is 2.22. The molecule has 0 saturated carbocycles. The molecular weight excluding hydrogens is 515 g/mol. The third-order valence-corrected chi connectivity index (χ3v) is 5.04. The quantitative estimate of drug-likeness (QED) is 0.314. The predicted octanol–water partition coefficient (Wildman–Crippen LogP) is 3.06. The summed E-state index contributed by atoms with van der Waals surface area (Å²) >= 11 is 0. The molecule has 0 atom stereocenters. The van der Waals surface area contributed by atoms with Gasteiger partial charge in [-0.05, 0) is 35.9 Å². The summed E-state index contributed by atoms with van der Waals surface area (Å²) < 4.78 is 29.3. The Morgan fingerprint density at radius 1 is 1.10 bits per heavy atom. The molecule has 164 valence electrons. The Kier molecular flexibility index (Phi) is 7.77. The fourth-order valence-corrected chi connectivity index (χ4v) is 3.50. The van der Waals surface area contributed by atoms with Crippen molar-refractivity contribution in [1.29, 1.82) is 0 Å². The molecule has 3 heterocycles. The van der Waals surface area contributed by atoms with Crippen LogP contribution in [0.3, 0.4) is 0 Å². The van der Waals surface area contributed by atoms with E-state index in [0.29, 0.717) is 38.4 Å². The van der Waals surface area contributed by atoms with Gasteiger partial charge in [0.2, 0.25) is 0 Å². The molecule has 1 aliphatic heterocycles. The Morgan fingerprint density at radius 3 is 2.61 bits per heavy atom. The van der Waals surface area contributed by atoms with Crippen LogP contribution in [0.5, 0.6) is 0 Å². The minimum absolute atomic E-state index is 0. The maximum atomic E-state index is 14.0. The van der Waals surface area contributed by atoms with Crippen LogP contribution in [0.4, 0.5) is 14.5 Å². The number of pyridine rings is 1. The topological polar surface area (TPSA) is 61.6 Å². The standard InChI is InChI=1S/C21H23F2N7.HI/c1-24-21(26-15-16-5-7-25-20(13-16)30-8-2-6-27-30)29-11-9-28(10-12-29)19-14-17(22)3-4-18(19)23;/h2-8,13-14H,9-12,15H2,1H3,(H,24,26);1H. The Bertz CT molecular complexity index is 1020. The molecule has 0 spiro atoms. The summed E-state index contributed by atoms with van der Waals surface area (Å²) in [5, 5.41) is 7.57. The van der Waals surface area contributed by atoms with Gasteiger partial charge in [0.15, 0.2) is 11.8 Å². The molecule has 3 aromatic rings. The van der Waals surface area contributed by atoms with Gasteiger partial charge < -0.3 is 15.1 Å². The number of hydrogen-bond acceptors (Lipinski definition) is 4. The number of aliphatic imine (C=N–C) groups is 1. The van der Waals surface area contributed by atoms with Gasteiger partial charge in [0, 0.05) is 64.4 Å². The normalized spacial score (nSPS) is 14.4. The molecule has 10 heteroatoms. The molecule has 4 rings (SSSR count). The van der Waals surface area contributed by atoms with E-state index in [1.807, 2.05) is 29.3 Å². The average Bonchev–Trinajstić information content (AvgIpc) is 3.32. The number of halogens is 3. The molecule has 0 unspecified atom stereocenters. The Balaban J connectivity index is 0.00000272. The van der Waals surface area contributed by atoms with Gasteiger partial charge in [-0.3, -0.25) is 4.99 Å². The van der Waals surface area contributed by atoms with Crippen molar-refractivity contribution in [3.63, 3.8) is 0 Å². The fraction of sp³-hybridized carbons (Fsp3) is 0.286. The van der Waals surface area contributed by atoms with Crippen molar-refractivity contribution >= 4 is 35.6 Å². The van der Waals surface area contributed by atoms with Gasteiger partial charge in [-0.15, -0.1) is 24.0 Å². The van der Waals surface area contributed by atoms with Crippen LogP contribution < -0.4 is 10.2 Å². The van der Waals surface area contributed by atoms with Crippen molar-refractivity contribution < 1.29 is 8.78 Å². The largest absolute Gasteiger partial charge is 0.366 e. The first-order chi connectivity index (χ1) is 14.6. The lowest BCUT2D eigenvalue weighted by atomic mass is 10.2. The lowest BCUT2D eigenvalue weighted by Gasteiger charge is -2.37. The monoisotopic (exact) mass is 539 g/mol. The number of rotatable bonds is 4. The number of piperazine rings is 1. The lowest BCUT2D eigenvalue weighted by Crippen LogP contribution is -2.52. The molecule has 1 N–H and O–H groups in total. The van der Waals surface area contributed by atoms with E-state index in [4.69, 9.17) is 0 Å². The second-order valence-corrected chi connectivity index (χ2v) is 6.94. The maximum absolute atomic E-state index is 14.0. The predicted molar refractivity (Wildman–Crippen MR) is 127 cm³/mol. The third kappa shape index (κ3) is 5.49. The molecule has 1 aromatic carbocycles. The van der Waals surface area contributed by atoms with Gasteiger partial charge in [0.05, 0.1) is 5.69 Å². The highest BCUT2D eigenvalue weighted by Crippen LogP contribution is 2.22. The van der Waals surface area contributed by atoms with Crippen LogP contribution in [-0.2, 0) is 6.54 Å². The Morgan fingerprint density at radius 2 is 1.90 bits per heavy atom. The first-order valence-electron chi connectivity index (χ1n) is 9.74. The van der Waals surface area contributed by atoms with E-state index < -0.39 is 11.6 Å². The fourth-order valence-electron chi connectivity index (χ4n) is 3.50. The Labute approximate surface area is 196 Å². The van der Waals surface area contributed by atoms with E-state index in [9.17, 15) is 8.78 Å². The smallest absolute Gasteiger partial charge is 0.194 e. The van der Waals surface area contributed by atoms with Gasteiger partial charge in [-0.2, -0.15) is 5.10 Å². The van der Waals surface area contributed by atoms with Crippen molar-refractivity contribution in [2.45, 2.75) is 6.54 Å². The SMILES string of the molecule is CN=C(NCc1ccnc(-n2cccn2)c1)N1CCN(c2cc(F)ccc2F)CC1.I. The van der Waals surface area contributed by atoms with Crippen LogP contribution in [0.25, 0.3) is 5.82 Å². The first-order valence-corrected chi connectivity index (χ1v) is 9.74. The van der Waals surface area contributed by atoms with Gasteiger partial charge in [0.25, 0.3) is 0 Å². The summed E-state index contributed by atoms with van der Waals surface area (Å²) in [7, 11) is 1.74. The summed E-state index contributed by atoms with van der Waals surface area (Å²) in [6.07, 6.45) is 5.31. The Hall–Kier alpha value is -2.76. The van der Waals surface area contributed by atoms with E-state index >= 15 is 0 Å². The molecule has 0 amide bonds. The first kappa shape index (κ1) is 22.9. The lowest BCUT2D eigenvalue weighted by molar-refractivity contribution is 0.370. The molecule has 1 aliphatic rings. The van der Waals surface area contributed by atoms with E-state index in [-0.39, 0.29) is 24.0 Å². The van der Waals surface area contributed by atoms with Gasteiger partial charge >= 0.3 is 0 Å². The zero-order chi connectivity index (χ0) is 20.9. The average molecular weight is 539 g/mol. The summed E-state index contributed by atoms with van der Waals surface area (Å²) in [6.45, 7) is 3.07. The second kappa shape index (κ2) is 10.5. The van der Waals surface area contributed by atoms with Crippen LogP contribution in [0.15, 0.2) is 60.0 Å². The zero-order valence-electron chi connectivity index (χ0n) is 17.1.